The summed E-state index contributed by atoms with van der Waals surface area (Å²) in [4.78, 5) is 24.7. The van der Waals surface area contributed by atoms with Gasteiger partial charge < -0.3 is 15.5 Å². The molecule has 0 aromatic carbocycles. The molecule has 0 unspecified atom stereocenters. The number of halogens is 2. The van der Waals surface area contributed by atoms with Crippen LogP contribution in [0, 0.1) is 5.41 Å². The summed E-state index contributed by atoms with van der Waals surface area (Å²) in [6.45, 7) is 7.06. The summed E-state index contributed by atoms with van der Waals surface area (Å²) >= 11 is 0. The fourth-order valence-electron chi connectivity index (χ4n) is 2.08. The standard InChI is InChI=1S/C13H21N5O.2ClH/c1-13(2,10-14)11(19)17-6-8-18(9-7-17)12-15-4-3-5-16-12;;/h3-5H,6-10,14H2,1-2H3;2*1H. The van der Waals surface area contributed by atoms with Crippen molar-refractivity contribution in [1.82, 2.24) is 14.9 Å². The normalized spacial score (nSPS) is 15.0. The third-order valence-corrected chi connectivity index (χ3v) is 3.49. The highest BCUT2D eigenvalue weighted by Crippen LogP contribution is 2.19. The number of hydrogen-bond donors (Lipinski definition) is 1. The Morgan fingerprint density at radius 3 is 2.19 bits per heavy atom. The van der Waals surface area contributed by atoms with Gasteiger partial charge in [-0.05, 0) is 19.9 Å². The smallest absolute Gasteiger partial charge is 0.229 e. The summed E-state index contributed by atoms with van der Waals surface area (Å²) in [5, 5.41) is 0. The summed E-state index contributed by atoms with van der Waals surface area (Å²) in [5.41, 5.74) is 5.17. The van der Waals surface area contributed by atoms with E-state index < -0.39 is 5.41 Å². The first-order valence-electron chi connectivity index (χ1n) is 6.56. The van der Waals surface area contributed by atoms with Gasteiger partial charge in [0.15, 0.2) is 0 Å². The average molecular weight is 336 g/mol. The molecular weight excluding hydrogens is 313 g/mol. The number of rotatable bonds is 3. The molecule has 1 saturated heterocycles. The van der Waals surface area contributed by atoms with Crippen LogP contribution in [0.4, 0.5) is 5.95 Å². The zero-order valence-electron chi connectivity index (χ0n) is 12.4. The largest absolute Gasteiger partial charge is 0.339 e. The van der Waals surface area contributed by atoms with Crippen LogP contribution in [-0.4, -0.2) is 53.5 Å². The van der Waals surface area contributed by atoms with E-state index in [0.29, 0.717) is 19.6 Å². The molecule has 0 aliphatic carbocycles. The molecule has 1 aromatic rings. The summed E-state index contributed by atoms with van der Waals surface area (Å²) in [7, 11) is 0. The highest BCUT2D eigenvalue weighted by molar-refractivity contribution is 5.85. The molecule has 1 aliphatic rings. The van der Waals surface area contributed by atoms with Gasteiger partial charge in [0.2, 0.25) is 11.9 Å². The van der Waals surface area contributed by atoms with Gasteiger partial charge >= 0.3 is 0 Å². The van der Waals surface area contributed by atoms with Gasteiger partial charge in [0, 0.05) is 45.1 Å². The first kappa shape index (κ1) is 19.9. The number of carbonyl (C=O) groups excluding carboxylic acids is 1. The van der Waals surface area contributed by atoms with Crippen molar-refractivity contribution in [3.05, 3.63) is 18.5 Å². The van der Waals surface area contributed by atoms with Gasteiger partial charge in [0.1, 0.15) is 0 Å². The zero-order valence-corrected chi connectivity index (χ0v) is 14.0. The fourth-order valence-corrected chi connectivity index (χ4v) is 2.08. The number of amides is 1. The van der Waals surface area contributed by atoms with Crippen molar-refractivity contribution in [2.45, 2.75) is 13.8 Å². The summed E-state index contributed by atoms with van der Waals surface area (Å²) in [6, 6.07) is 1.80. The molecule has 1 amide bonds. The van der Waals surface area contributed by atoms with Crippen molar-refractivity contribution in [2.75, 3.05) is 37.6 Å². The fraction of sp³-hybridized carbons (Fsp3) is 0.615. The van der Waals surface area contributed by atoms with Crippen LogP contribution in [0.1, 0.15) is 13.8 Å². The van der Waals surface area contributed by atoms with E-state index in [-0.39, 0.29) is 30.7 Å². The number of carbonyl (C=O) groups is 1. The average Bonchev–Trinajstić information content (AvgIpc) is 2.47. The van der Waals surface area contributed by atoms with Gasteiger partial charge in [0.05, 0.1) is 5.41 Å². The van der Waals surface area contributed by atoms with Crippen molar-refractivity contribution in [1.29, 1.82) is 0 Å². The second-order valence-corrected chi connectivity index (χ2v) is 5.42. The van der Waals surface area contributed by atoms with Crippen molar-refractivity contribution < 1.29 is 4.79 Å². The topological polar surface area (TPSA) is 75.4 Å². The Labute approximate surface area is 137 Å². The Morgan fingerprint density at radius 1 is 1.19 bits per heavy atom. The second kappa shape index (κ2) is 8.36. The molecule has 2 heterocycles. The molecule has 0 radical (unpaired) electrons. The molecule has 6 nitrogen and oxygen atoms in total. The Hall–Kier alpha value is -1.11. The number of piperazine rings is 1. The minimum absolute atomic E-state index is 0. The lowest BCUT2D eigenvalue weighted by molar-refractivity contribution is -0.140. The highest BCUT2D eigenvalue weighted by Gasteiger charge is 2.32. The van der Waals surface area contributed by atoms with E-state index in [9.17, 15) is 4.79 Å². The van der Waals surface area contributed by atoms with Crippen molar-refractivity contribution in [3.8, 4) is 0 Å². The summed E-state index contributed by atoms with van der Waals surface area (Å²) in [5.74, 6) is 0.858. The molecule has 1 fully saturated rings. The molecule has 2 N–H and O–H groups in total. The van der Waals surface area contributed by atoms with Crippen LogP contribution >= 0.6 is 24.8 Å². The van der Waals surface area contributed by atoms with E-state index in [1.807, 2.05) is 18.7 Å². The molecule has 0 saturated carbocycles. The van der Waals surface area contributed by atoms with Crippen LogP contribution in [0.25, 0.3) is 0 Å². The van der Waals surface area contributed by atoms with E-state index in [1.165, 1.54) is 0 Å². The molecule has 8 heteroatoms. The first-order chi connectivity index (χ1) is 9.04. The molecule has 1 aromatic heterocycles. The van der Waals surface area contributed by atoms with E-state index >= 15 is 0 Å². The molecule has 120 valence electrons. The van der Waals surface area contributed by atoms with Crippen LogP contribution in [0.15, 0.2) is 18.5 Å². The van der Waals surface area contributed by atoms with E-state index in [0.717, 1.165) is 19.0 Å². The van der Waals surface area contributed by atoms with E-state index in [1.54, 1.807) is 18.5 Å². The number of anilines is 1. The Bertz CT molecular complexity index is 435. The maximum absolute atomic E-state index is 12.3. The Balaban J connectivity index is 0.00000200. The van der Waals surface area contributed by atoms with Crippen molar-refractivity contribution in [3.63, 3.8) is 0 Å². The summed E-state index contributed by atoms with van der Waals surface area (Å²) in [6.07, 6.45) is 3.47. The predicted molar refractivity (Wildman–Crippen MR) is 88.2 cm³/mol. The molecule has 0 spiro atoms. The lowest BCUT2D eigenvalue weighted by atomic mass is 9.91. The van der Waals surface area contributed by atoms with Crippen LogP contribution in [0.5, 0.6) is 0 Å². The monoisotopic (exact) mass is 335 g/mol. The first-order valence-corrected chi connectivity index (χ1v) is 6.56. The lowest BCUT2D eigenvalue weighted by Crippen LogP contribution is -2.53. The Morgan fingerprint density at radius 2 is 1.71 bits per heavy atom. The van der Waals surface area contributed by atoms with Gasteiger partial charge in [-0.3, -0.25) is 4.79 Å². The predicted octanol–water partition coefficient (Wildman–Crippen LogP) is 0.954. The van der Waals surface area contributed by atoms with Crippen molar-refractivity contribution >= 4 is 36.7 Å². The minimum atomic E-state index is -0.481. The second-order valence-electron chi connectivity index (χ2n) is 5.42. The van der Waals surface area contributed by atoms with Crippen LogP contribution in [0.2, 0.25) is 0 Å². The maximum atomic E-state index is 12.3. The van der Waals surface area contributed by atoms with Crippen LogP contribution in [0.3, 0.4) is 0 Å². The number of nitrogens with zero attached hydrogens (tertiary/aromatic N) is 4. The molecule has 21 heavy (non-hydrogen) atoms. The third-order valence-electron chi connectivity index (χ3n) is 3.49. The number of aromatic nitrogens is 2. The molecule has 0 atom stereocenters. The van der Waals surface area contributed by atoms with Crippen molar-refractivity contribution in [2.24, 2.45) is 11.1 Å². The van der Waals surface area contributed by atoms with E-state index in [2.05, 4.69) is 14.9 Å². The lowest BCUT2D eigenvalue weighted by Gasteiger charge is -2.38. The zero-order chi connectivity index (χ0) is 13.9. The Kier molecular flexibility index (Phi) is 7.92. The third kappa shape index (κ3) is 4.69. The SMILES string of the molecule is CC(C)(CN)C(=O)N1CCN(c2ncccn2)CC1.Cl.Cl. The van der Waals surface area contributed by atoms with Gasteiger partial charge in [-0.15, -0.1) is 24.8 Å². The van der Waals surface area contributed by atoms with Gasteiger partial charge in [-0.1, -0.05) is 0 Å². The van der Waals surface area contributed by atoms with Gasteiger partial charge in [0.25, 0.3) is 0 Å². The quantitative estimate of drug-likeness (QED) is 0.890. The summed E-state index contributed by atoms with van der Waals surface area (Å²) < 4.78 is 0. The van der Waals surface area contributed by atoms with E-state index in [4.69, 9.17) is 5.73 Å². The molecule has 0 bridgehead atoms. The van der Waals surface area contributed by atoms with Crippen LogP contribution < -0.4 is 10.6 Å². The molecular formula is C13H23Cl2N5O. The molecule has 2 rings (SSSR count). The minimum Gasteiger partial charge on any atom is -0.339 e. The maximum Gasteiger partial charge on any atom is 0.229 e. The number of nitrogens with two attached hydrogens (primary N) is 1. The van der Waals surface area contributed by atoms with Gasteiger partial charge in [-0.2, -0.15) is 0 Å². The van der Waals surface area contributed by atoms with Gasteiger partial charge in [-0.25, -0.2) is 9.97 Å². The van der Waals surface area contributed by atoms with Crippen LogP contribution in [-0.2, 0) is 4.79 Å². The highest BCUT2D eigenvalue weighted by atomic mass is 35.5. The number of hydrogen-bond acceptors (Lipinski definition) is 5. The molecule has 1 aliphatic heterocycles.